The van der Waals surface area contributed by atoms with Gasteiger partial charge in [-0.05, 0) is 30.7 Å². The number of benzene rings is 1. The lowest BCUT2D eigenvalue weighted by Gasteiger charge is -2.29. The first-order chi connectivity index (χ1) is 9.17. The molecule has 106 valence electrons. The molecule has 2 unspecified atom stereocenters. The fourth-order valence-electron chi connectivity index (χ4n) is 2.58. The Hall–Kier alpha value is -1.26. The molecule has 4 nitrogen and oxygen atoms in total. The van der Waals surface area contributed by atoms with Crippen LogP contribution >= 0.6 is 0 Å². The van der Waals surface area contributed by atoms with Gasteiger partial charge >= 0.3 is 0 Å². The minimum atomic E-state index is 0.112. The van der Waals surface area contributed by atoms with E-state index in [-0.39, 0.29) is 18.6 Å². The normalized spacial score (nSPS) is 17.3. The summed E-state index contributed by atoms with van der Waals surface area (Å²) in [6.45, 7) is 5.62. The molecule has 0 aliphatic carbocycles. The highest BCUT2D eigenvalue weighted by atomic mass is 16.6. The molecule has 0 aromatic heterocycles. The SMILES string of the molecule is CNC(c1ccc2c(c1)OCCO2)C(CO)C(C)C. The van der Waals surface area contributed by atoms with Crippen molar-refractivity contribution < 1.29 is 14.6 Å². The van der Waals surface area contributed by atoms with E-state index in [0.29, 0.717) is 19.1 Å². The number of aliphatic hydroxyl groups is 1. The van der Waals surface area contributed by atoms with Crippen LogP contribution in [0.3, 0.4) is 0 Å². The van der Waals surface area contributed by atoms with Gasteiger partial charge in [-0.1, -0.05) is 19.9 Å². The van der Waals surface area contributed by atoms with Gasteiger partial charge in [0.1, 0.15) is 13.2 Å². The Morgan fingerprint density at radius 1 is 1.21 bits per heavy atom. The van der Waals surface area contributed by atoms with Crippen LogP contribution in [0.5, 0.6) is 11.5 Å². The first kappa shape index (κ1) is 14.2. The van der Waals surface area contributed by atoms with Crippen LogP contribution in [0.25, 0.3) is 0 Å². The van der Waals surface area contributed by atoms with E-state index in [1.54, 1.807) is 0 Å². The van der Waals surface area contributed by atoms with Crippen molar-refractivity contribution >= 4 is 0 Å². The van der Waals surface area contributed by atoms with Gasteiger partial charge in [0.2, 0.25) is 0 Å². The molecule has 1 aliphatic rings. The molecule has 0 bridgehead atoms. The van der Waals surface area contributed by atoms with E-state index in [4.69, 9.17) is 9.47 Å². The Kier molecular flexibility index (Phi) is 4.66. The van der Waals surface area contributed by atoms with Gasteiger partial charge in [0.15, 0.2) is 11.5 Å². The largest absolute Gasteiger partial charge is 0.486 e. The number of ether oxygens (including phenoxy) is 2. The molecule has 0 radical (unpaired) electrons. The molecule has 2 rings (SSSR count). The second-order valence-electron chi connectivity index (χ2n) is 5.26. The minimum Gasteiger partial charge on any atom is -0.486 e. The van der Waals surface area contributed by atoms with Crippen LogP contribution in [0.2, 0.25) is 0 Å². The van der Waals surface area contributed by atoms with Crippen molar-refractivity contribution in [2.45, 2.75) is 19.9 Å². The summed E-state index contributed by atoms with van der Waals surface area (Å²) in [7, 11) is 1.92. The van der Waals surface area contributed by atoms with Gasteiger partial charge in [-0.15, -0.1) is 0 Å². The third-order valence-electron chi connectivity index (χ3n) is 3.73. The van der Waals surface area contributed by atoms with Crippen molar-refractivity contribution in [3.8, 4) is 11.5 Å². The molecule has 0 saturated carbocycles. The molecule has 1 aromatic carbocycles. The zero-order valence-corrected chi connectivity index (χ0v) is 11.8. The van der Waals surface area contributed by atoms with Crippen LogP contribution in [0.1, 0.15) is 25.5 Å². The molecule has 19 heavy (non-hydrogen) atoms. The molecule has 0 spiro atoms. The van der Waals surface area contributed by atoms with Crippen LogP contribution in [0.15, 0.2) is 18.2 Å². The van der Waals surface area contributed by atoms with Gasteiger partial charge in [-0.25, -0.2) is 0 Å². The maximum absolute atomic E-state index is 9.60. The lowest BCUT2D eigenvalue weighted by molar-refractivity contribution is 0.152. The van der Waals surface area contributed by atoms with E-state index in [0.717, 1.165) is 17.1 Å². The predicted molar refractivity (Wildman–Crippen MR) is 74.6 cm³/mol. The molecule has 1 aliphatic heterocycles. The van der Waals surface area contributed by atoms with Crippen LogP contribution in [-0.4, -0.2) is 32.0 Å². The molecule has 0 amide bonds. The summed E-state index contributed by atoms with van der Waals surface area (Å²) in [6, 6.07) is 6.12. The van der Waals surface area contributed by atoms with Crippen LogP contribution in [0, 0.1) is 11.8 Å². The highest BCUT2D eigenvalue weighted by molar-refractivity contribution is 5.44. The maximum Gasteiger partial charge on any atom is 0.161 e. The minimum absolute atomic E-state index is 0.112. The highest BCUT2D eigenvalue weighted by Crippen LogP contribution is 2.35. The number of rotatable bonds is 5. The number of hydrogen-bond acceptors (Lipinski definition) is 4. The Labute approximate surface area is 114 Å². The standard InChI is InChI=1S/C15H23NO3/c1-10(2)12(9-17)15(16-3)11-4-5-13-14(8-11)19-7-6-18-13/h4-5,8,10,12,15-17H,6-7,9H2,1-3H3. The zero-order chi connectivity index (χ0) is 13.8. The molecule has 4 heteroatoms. The predicted octanol–water partition coefficient (Wildman–Crippen LogP) is 1.98. The number of nitrogens with one attached hydrogen (secondary N) is 1. The van der Waals surface area contributed by atoms with Crippen molar-refractivity contribution in [3.63, 3.8) is 0 Å². The summed E-state index contributed by atoms with van der Waals surface area (Å²) < 4.78 is 11.1. The summed E-state index contributed by atoms with van der Waals surface area (Å²) in [5.41, 5.74) is 1.12. The Morgan fingerprint density at radius 3 is 2.47 bits per heavy atom. The van der Waals surface area contributed by atoms with Crippen LogP contribution < -0.4 is 14.8 Å². The van der Waals surface area contributed by atoms with Gasteiger partial charge in [0.25, 0.3) is 0 Å². The fraction of sp³-hybridized carbons (Fsp3) is 0.600. The van der Waals surface area contributed by atoms with Crippen molar-refractivity contribution in [2.24, 2.45) is 11.8 Å². The van der Waals surface area contributed by atoms with E-state index >= 15 is 0 Å². The Balaban J connectivity index is 2.27. The topological polar surface area (TPSA) is 50.7 Å². The molecule has 2 N–H and O–H groups in total. The average molecular weight is 265 g/mol. The van der Waals surface area contributed by atoms with Crippen molar-refractivity contribution in [2.75, 3.05) is 26.9 Å². The van der Waals surface area contributed by atoms with E-state index in [2.05, 4.69) is 19.2 Å². The summed E-state index contributed by atoms with van der Waals surface area (Å²) in [6.07, 6.45) is 0. The third-order valence-corrected chi connectivity index (χ3v) is 3.73. The maximum atomic E-state index is 9.60. The first-order valence-corrected chi connectivity index (χ1v) is 6.85. The van der Waals surface area contributed by atoms with E-state index in [1.165, 1.54) is 0 Å². The van der Waals surface area contributed by atoms with Crippen molar-refractivity contribution in [3.05, 3.63) is 23.8 Å². The zero-order valence-electron chi connectivity index (χ0n) is 11.8. The molecule has 2 atom stereocenters. The Morgan fingerprint density at radius 2 is 1.89 bits per heavy atom. The summed E-state index contributed by atoms with van der Waals surface area (Å²) in [5, 5.41) is 12.9. The van der Waals surface area contributed by atoms with Crippen LogP contribution in [0.4, 0.5) is 0 Å². The summed E-state index contributed by atoms with van der Waals surface area (Å²) >= 11 is 0. The lowest BCUT2D eigenvalue weighted by Crippen LogP contribution is -2.31. The Bertz CT molecular complexity index is 420. The molecular weight excluding hydrogens is 242 g/mol. The average Bonchev–Trinajstić information content (AvgIpc) is 2.43. The van der Waals surface area contributed by atoms with E-state index in [1.807, 2.05) is 25.2 Å². The monoisotopic (exact) mass is 265 g/mol. The quantitative estimate of drug-likeness (QED) is 0.855. The number of aliphatic hydroxyl groups excluding tert-OH is 1. The lowest BCUT2D eigenvalue weighted by atomic mass is 9.85. The molecule has 0 saturated heterocycles. The van der Waals surface area contributed by atoms with Gasteiger partial charge in [0, 0.05) is 18.6 Å². The second kappa shape index (κ2) is 6.26. The van der Waals surface area contributed by atoms with Gasteiger partial charge in [0.05, 0.1) is 0 Å². The van der Waals surface area contributed by atoms with E-state index < -0.39 is 0 Å². The van der Waals surface area contributed by atoms with E-state index in [9.17, 15) is 5.11 Å². The van der Waals surface area contributed by atoms with Crippen molar-refractivity contribution in [1.29, 1.82) is 0 Å². The first-order valence-electron chi connectivity index (χ1n) is 6.85. The third kappa shape index (κ3) is 3.01. The fourth-order valence-corrected chi connectivity index (χ4v) is 2.58. The number of fused-ring (bicyclic) bond motifs is 1. The van der Waals surface area contributed by atoms with Crippen molar-refractivity contribution in [1.82, 2.24) is 5.32 Å². The summed E-state index contributed by atoms with van der Waals surface area (Å²) in [5.74, 6) is 2.17. The van der Waals surface area contributed by atoms with Gasteiger partial charge in [-0.2, -0.15) is 0 Å². The highest BCUT2D eigenvalue weighted by Gasteiger charge is 2.25. The van der Waals surface area contributed by atoms with Crippen LogP contribution in [-0.2, 0) is 0 Å². The second-order valence-corrected chi connectivity index (χ2v) is 5.26. The molecule has 1 aromatic rings. The molecular formula is C15H23NO3. The van der Waals surface area contributed by atoms with Gasteiger partial charge in [-0.3, -0.25) is 0 Å². The molecule has 0 fully saturated rings. The van der Waals surface area contributed by atoms with Gasteiger partial charge < -0.3 is 19.9 Å². The smallest absolute Gasteiger partial charge is 0.161 e. The summed E-state index contributed by atoms with van der Waals surface area (Å²) in [4.78, 5) is 0. The number of hydrogen-bond donors (Lipinski definition) is 2. The molecule has 1 heterocycles.